The molecule has 2 aromatic rings. The lowest BCUT2D eigenvalue weighted by atomic mass is 9.92. The van der Waals surface area contributed by atoms with Gasteiger partial charge in [-0.3, -0.25) is 0 Å². The second kappa shape index (κ2) is 6.29. The molecule has 0 spiro atoms. The van der Waals surface area contributed by atoms with Crippen molar-refractivity contribution in [2.24, 2.45) is 0 Å². The Bertz CT molecular complexity index is 674. The minimum Gasteiger partial charge on any atom is -0.361 e. The highest BCUT2D eigenvalue weighted by Gasteiger charge is 2.13. The third-order valence-corrected chi connectivity index (χ3v) is 5.33. The molecule has 2 nitrogen and oxygen atoms in total. The van der Waals surface area contributed by atoms with Crippen molar-refractivity contribution < 1.29 is 0 Å². The molecule has 0 radical (unpaired) electrons. The van der Waals surface area contributed by atoms with Gasteiger partial charge in [0, 0.05) is 23.6 Å². The van der Waals surface area contributed by atoms with Gasteiger partial charge in [-0.05, 0) is 86.9 Å². The van der Waals surface area contributed by atoms with Crippen LogP contribution in [0.3, 0.4) is 0 Å². The second-order valence-electron chi connectivity index (χ2n) is 6.85. The van der Waals surface area contributed by atoms with Gasteiger partial charge >= 0.3 is 0 Å². The molecule has 2 aliphatic rings. The van der Waals surface area contributed by atoms with Crippen LogP contribution in [0.15, 0.2) is 30.5 Å². The summed E-state index contributed by atoms with van der Waals surface area (Å²) in [6, 6.07) is 6.97. The molecule has 0 atom stereocenters. The molecule has 0 unspecified atom stereocenters. The summed E-state index contributed by atoms with van der Waals surface area (Å²) in [5, 5.41) is 1.43. The number of nitrogens with zero attached hydrogens (tertiary/aromatic N) is 1. The first-order chi connectivity index (χ1) is 10.9. The maximum Gasteiger partial charge on any atom is 0.0457 e. The van der Waals surface area contributed by atoms with E-state index in [-0.39, 0.29) is 0 Å². The van der Waals surface area contributed by atoms with Gasteiger partial charge in [-0.25, -0.2) is 0 Å². The molecular formula is C20H26N2. The highest BCUT2D eigenvalue weighted by Crippen LogP contribution is 2.30. The number of hydrogen-bond acceptors (Lipinski definition) is 1. The summed E-state index contributed by atoms with van der Waals surface area (Å²) in [7, 11) is 0. The molecule has 1 aliphatic carbocycles. The summed E-state index contributed by atoms with van der Waals surface area (Å²) in [5.74, 6) is 0. The van der Waals surface area contributed by atoms with Gasteiger partial charge in [0.2, 0.25) is 0 Å². The Labute approximate surface area is 133 Å². The molecule has 1 fully saturated rings. The van der Waals surface area contributed by atoms with Crippen molar-refractivity contribution in [3.05, 3.63) is 41.6 Å². The summed E-state index contributed by atoms with van der Waals surface area (Å²) in [6.45, 7) is 3.79. The fourth-order valence-electron chi connectivity index (χ4n) is 3.97. The average molecular weight is 294 g/mol. The number of hydrogen-bond donors (Lipinski definition) is 1. The van der Waals surface area contributed by atoms with Gasteiger partial charge in [0.05, 0.1) is 0 Å². The highest BCUT2D eigenvalue weighted by atomic mass is 15.1. The molecule has 1 aromatic heterocycles. The van der Waals surface area contributed by atoms with Gasteiger partial charge < -0.3 is 9.88 Å². The van der Waals surface area contributed by atoms with Gasteiger partial charge in [0.15, 0.2) is 0 Å². The van der Waals surface area contributed by atoms with Crippen LogP contribution in [-0.2, 0) is 6.42 Å². The molecule has 0 saturated carbocycles. The van der Waals surface area contributed by atoms with E-state index in [0.717, 1.165) is 0 Å². The summed E-state index contributed by atoms with van der Waals surface area (Å²) in [6.07, 6.45) is 13.8. The van der Waals surface area contributed by atoms with Crippen LogP contribution in [0.25, 0.3) is 16.5 Å². The van der Waals surface area contributed by atoms with Gasteiger partial charge in [-0.1, -0.05) is 12.1 Å². The molecule has 116 valence electrons. The van der Waals surface area contributed by atoms with Crippen LogP contribution in [0.5, 0.6) is 0 Å². The summed E-state index contributed by atoms with van der Waals surface area (Å²) >= 11 is 0. The molecule has 0 bridgehead atoms. The fourth-order valence-corrected chi connectivity index (χ4v) is 3.97. The van der Waals surface area contributed by atoms with E-state index in [2.05, 4.69) is 40.4 Å². The van der Waals surface area contributed by atoms with Crippen molar-refractivity contribution in [2.75, 3.05) is 19.6 Å². The third-order valence-electron chi connectivity index (χ3n) is 5.33. The Balaban J connectivity index is 1.57. The maximum atomic E-state index is 3.46. The number of benzene rings is 1. The Morgan fingerprint density at radius 1 is 1.05 bits per heavy atom. The highest BCUT2D eigenvalue weighted by molar-refractivity contribution is 5.87. The Morgan fingerprint density at radius 2 is 1.95 bits per heavy atom. The number of nitrogens with one attached hydrogen (secondary N) is 1. The molecule has 2 heterocycles. The zero-order chi connectivity index (χ0) is 14.8. The first-order valence-electron chi connectivity index (χ1n) is 8.92. The molecule has 1 aliphatic heterocycles. The predicted octanol–water partition coefficient (Wildman–Crippen LogP) is 4.76. The zero-order valence-electron chi connectivity index (χ0n) is 13.4. The van der Waals surface area contributed by atoms with E-state index >= 15 is 0 Å². The van der Waals surface area contributed by atoms with E-state index in [9.17, 15) is 0 Å². The lowest BCUT2D eigenvalue weighted by Crippen LogP contribution is -2.21. The first kappa shape index (κ1) is 14.1. The number of fused-ring (bicyclic) bond motifs is 1. The van der Waals surface area contributed by atoms with Crippen molar-refractivity contribution in [2.45, 2.75) is 44.9 Å². The normalized spacial score (nSPS) is 19.7. The van der Waals surface area contributed by atoms with Crippen molar-refractivity contribution in [3.8, 4) is 0 Å². The van der Waals surface area contributed by atoms with Crippen molar-refractivity contribution in [3.63, 3.8) is 0 Å². The van der Waals surface area contributed by atoms with Crippen LogP contribution in [-0.4, -0.2) is 29.5 Å². The zero-order valence-corrected chi connectivity index (χ0v) is 13.4. The number of rotatable bonds is 4. The summed E-state index contributed by atoms with van der Waals surface area (Å²) in [4.78, 5) is 6.06. The van der Waals surface area contributed by atoms with Crippen LogP contribution < -0.4 is 0 Å². The molecule has 1 N–H and O–H groups in total. The van der Waals surface area contributed by atoms with Gasteiger partial charge in [-0.2, -0.15) is 0 Å². The molecule has 1 aromatic carbocycles. The van der Waals surface area contributed by atoms with Crippen LogP contribution in [0.1, 0.15) is 49.7 Å². The van der Waals surface area contributed by atoms with Gasteiger partial charge in [0.25, 0.3) is 0 Å². The lowest BCUT2D eigenvalue weighted by molar-refractivity contribution is 0.344. The second-order valence-corrected chi connectivity index (χ2v) is 6.85. The lowest BCUT2D eigenvalue weighted by Gasteiger charge is -2.14. The van der Waals surface area contributed by atoms with Crippen LogP contribution in [0.4, 0.5) is 0 Å². The summed E-state index contributed by atoms with van der Waals surface area (Å²) < 4.78 is 0. The van der Waals surface area contributed by atoms with Gasteiger partial charge in [-0.15, -0.1) is 0 Å². The number of allylic oxidation sites excluding steroid dienone is 2. The molecule has 0 amide bonds. The summed E-state index contributed by atoms with van der Waals surface area (Å²) in [5.41, 5.74) is 5.77. The Kier molecular flexibility index (Phi) is 4.03. The molecule has 22 heavy (non-hydrogen) atoms. The van der Waals surface area contributed by atoms with E-state index in [0.29, 0.717) is 0 Å². The third kappa shape index (κ3) is 2.85. The van der Waals surface area contributed by atoms with Gasteiger partial charge in [0.1, 0.15) is 0 Å². The first-order valence-corrected chi connectivity index (χ1v) is 8.92. The Morgan fingerprint density at radius 3 is 2.77 bits per heavy atom. The molecule has 2 heteroatoms. The number of H-pyrrole nitrogens is 1. The molecule has 1 saturated heterocycles. The maximum absolute atomic E-state index is 3.46. The van der Waals surface area contributed by atoms with Crippen LogP contribution in [0.2, 0.25) is 0 Å². The minimum absolute atomic E-state index is 1.17. The van der Waals surface area contributed by atoms with Crippen molar-refractivity contribution >= 4 is 16.5 Å². The number of aromatic nitrogens is 1. The molecular weight excluding hydrogens is 268 g/mol. The number of likely N-dealkylation sites (tertiary alicyclic amines) is 1. The van der Waals surface area contributed by atoms with Crippen LogP contribution >= 0.6 is 0 Å². The van der Waals surface area contributed by atoms with E-state index in [1.807, 2.05) is 0 Å². The Hall–Kier alpha value is -1.54. The average Bonchev–Trinajstić information content (AvgIpc) is 3.23. The van der Waals surface area contributed by atoms with Crippen molar-refractivity contribution in [1.29, 1.82) is 0 Å². The SMILES string of the molecule is C1=C(c2ccc3[nH]cc(CCN4CCCC4)c3c2)CCCC1. The van der Waals surface area contributed by atoms with E-state index in [1.54, 1.807) is 5.57 Å². The van der Waals surface area contributed by atoms with Crippen LogP contribution in [0, 0.1) is 0 Å². The molecule has 4 rings (SSSR count). The number of aromatic amines is 1. The topological polar surface area (TPSA) is 19.0 Å². The fraction of sp³-hybridized carbons (Fsp3) is 0.500. The standard InChI is InChI=1S/C20H26N2/c1-2-6-16(7-3-1)17-8-9-20-19(14-17)18(15-21-20)10-13-22-11-4-5-12-22/h6,8-9,14-15,21H,1-5,7,10-13H2. The smallest absolute Gasteiger partial charge is 0.0457 e. The van der Waals surface area contributed by atoms with E-state index in [1.165, 1.54) is 86.6 Å². The van der Waals surface area contributed by atoms with E-state index in [4.69, 9.17) is 0 Å². The van der Waals surface area contributed by atoms with E-state index < -0.39 is 0 Å². The monoisotopic (exact) mass is 294 g/mol. The van der Waals surface area contributed by atoms with Crippen molar-refractivity contribution in [1.82, 2.24) is 9.88 Å². The minimum atomic E-state index is 1.17. The quantitative estimate of drug-likeness (QED) is 0.861. The predicted molar refractivity (Wildman–Crippen MR) is 94.1 cm³/mol. The largest absolute Gasteiger partial charge is 0.361 e.